The van der Waals surface area contributed by atoms with Gasteiger partial charge in [-0.3, -0.25) is 4.79 Å². The van der Waals surface area contributed by atoms with Crippen molar-refractivity contribution in [3.63, 3.8) is 0 Å². The molecule has 3 nitrogen and oxygen atoms in total. The molecule has 0 saturated heterocycles. The number of ether oxygens (including phenoxy) is 1. The van der Waals surface area contributed by atoms with Crippen molar-refractivity contribution in [2.24, 2.45) is 5.73 Å². The van der Waals surface area contributed by atoms with E-state index in [-0.39, 0.29) is 5.97 Å². The van der Waals surface area contributed by atoms with Crippen molar-refractivity contribution in [3.05, 3.63) is 0 Å². The van der Waals surface area contributed by atoms with Crippen molar-refractivity contribution in [1.29, 1.82) is 0 Å². The topological polar surface area (TPSA) is 52.3 Å². The summed E-state index contributed by atoms with van der Waals surface area (Å²) in [5.74, 6) is -0.226. The second kappa shape index (κ2) is 6.29. The zero-order valence-electron chi connectivity index (χ0n) is 11.3. The number of carbonyl (C=O) groups is 1. The molecule has 2 unspecified atom stereocenters. The summed E-state index contributed by atoms with van der Waals surface area (Å²) in [7, 11) is 1.44. The molecule has 2 atom stereocenters. The fourth-order valence-electron chi connectivity index (χ4n) is 3.23. The standard InChI is InChI=1S/C14H25NO2S/c1-17-13(16)14(15)9-5-8-12(10-14)18-11-6-3-2-4-7-11/h11-12H,2-10,15H2,1H3. The Morgan fingerprint density at radius 3 is 2.50 bits per heavy atom. The SMILES string of the molecule is COC(=O)C1(N)CCCC(SC2CCCCC2)C1. The molecule has 0 aromatic heterocycles. The minimum absolute atomic E-state index is 0.226. The van der Waals surface area contributed by atoms with Crippen LogP contribution in [0.4, 0.5) is 0 Å². The Morgan fingerprint density at radius 2 is 1.83 bits per heavy atom. The van der Waals surface area contributed by atoms with Gasteiger partial charge in [0, 0.05) is 10.5 Å². The molecule has 0 bridgehead atoms. The van der Waals surface area contributed by atoms with Gasteiger partial charge in [-0.25, -0.2) is 0 Å². The second-order valence-corrected chi connectivity index (χ2v) is 7.37. The first-order valence-corrected chi connectivity index (χ1v) is 8.11. The normalized spacial score (nSPS) is 34.2. The monoisotopic (exact) mass is 271 g/mol. The van der Waals surface area contributed by atoms with Crippen LogP contribution in [0.25, 0.3) is 0 Å². The number of rotatable bonds is 3. The number of methoxy groups -OCH3 is 1. The second-order valence-electron chi connectivity index (χ2n) is 5.76. The maximum absolute atomic E-state index is 11.8. The number of thioether (sulfide) groups is 1. The summed E-state index contributed by atoms with van der Waals surface area (Å²) >= 11 is 2.08. The van der Waals surface area contributed by atoms with Crippen LogP contribution in [0.1, 0.15) is 57.8 Å². The Balaban J connectivity index is 1.87. The Bertz CT molecular complexity index is 292. The van der Waals surface area contributed by atoms with E-state index in [4.69, 9.17) is 10.5 Å². The summed E-state index contributed by atoms with van der Waals surface area (Å²) in [5.41, 5.74) is 5.50. The Hall–Kier alpha value is -0.220. The number of esters is 1. The molecule has 18 heavy (non-hydrogen) atoms. The quantitative estimate of drug-likeness (QED) is 0.802. The van der Waals surface area contributed by atoms with E-state index in [1.807, 2.05) is 0 Å². The van der Waals surface area contributed by atoms with E-state index in [0.29, 0.717) is 5.25 Å². The lowest BCUT2D eigenvalue weighted by atomic mass is 9.82. The smallest absolute Gasteiger partial charge is 0.325 e. The van der Waals surface area contributed by atoms with Crippen LogP contribution in [0.2, 0.25) is 0 Å². The molecule has 0 aromatic carbocycles. The summed E-state index contributed by atoms with van der Waals surface area (Å²) in [5, 5.41) is 1.34. The van der Waals surface area contributed by atoms with Crippen molar-refractivity contribution < 1.29 is 9.53 Å². The molecule has 2 saturated carbocycles. The van der Waals surface area contributed by atoms with E-state index in [9.17, 15) is 4.79 Å². The average molecular weight is 271 g/mol. The first-order valence-electron chi connectivity index (χ1n) is 7.17. The van der Waals surface area contributed by atoms with E-state index < -0.39 is 5.54 Å². The average Bonchev–Trinajstić information content (AvgIpc) is 2.39. The van der Waals surface area contributed by atoms with Crippen LogP contribution in [0.15, 0.2) is 0 Å². The largest absolute Gasteiger partial charge is 0.468 e. The molecule has 2 N–H and O–H groups in total. The molecule has 0 amide bonds. The summed E-state index contributed by atoms with van der Waals surface area (Å²) in [6, 6.07) is 0. The van der Waals surface area contributed by atoms with Crippen LogP contribution < -0.4 is 5.73 Å². The highest BCUT2D eigenvalue weighted by Crippen LogP contribution is 2.39. The molecular weight excluding hydrogens is 246 g/mol. The fraction of sp³-hybridized carbons (Fsp3) is 0.929. The number of carbonyl (C=O) groups excluding carboxylic acids is 1. The van der Waals surface area contributed by atoms with Gasteiger partial charge in [0.05, 0.1) is 7.11 Å². The van der Waals surface area contributed by atoms with Gasteiger partial charge in [0.15, 0.2) is 0 Å². The van der Waals surface area contributed by atoms with Crippen molar-refractivity contribution >= 4 is 17.7 Å². The predicted molar refractivity (Wildman–Crippen MR) is 75.7 cm³/mol. The summed E-state index contributed by atoms with van der Waals surface area (Å²) in [4.78, 5) is 11.8. The van der Waals surface area contributed by atoms with Gasteiger partial charge in [0.1, 0.15) is 5.54 Å². The maximum atomic E-state index is 11.8. The first-order chi connectivity index (χ1) is 8.64. The number of nitrogens with two attached hydrogens (primary N) is 1. The van der Waals surface area contributed by atoms with Gasteiger partial charge >= 0.3 is 5.97 Å². The van der Waals surface area contributed by atoms with E-state index in [1.54, 1.807) is 0 Å². The van der Waals surface area contributed by atoms with Crippen LogP contribution >= 0.6 is 11.8 Å². The van der Waals surface area contributed by atoms with E-state index in [0.717, 1.165) is 24.5 Å². The van der Waals surface area contributed by atoms with Gasteiger partial charge < -0.3 is 10.5 Å². The van der Waals surface area contributed by atoms with Gasteiger partial charge in [0.25, 0.3) is 0 Å². The van der Waals surface area contributed by atoms with Crippen molar-refractivity contribution in [1.82, 2.24) is 0 Å². The molecule has 2 rings (SSSR count). The zero-order chi connectivity index (χ0) is 13.0. The third-order valence-corrected chi connectivity index (χ3v) is 5.91. The lowest BCUT2D eigenvalue weighted by Gasteiger charge is -2.37. The van der Waals surface area contributed by atoms with Gasteiger partial charge in [0.2, 0.25) is 0 Å². The summed E-state index contributed by atoms with van der Waals surface area (Å²) in [6.07, 6.45) is 10.7. The molecule has 0 aromatic rings. The third-order valence-electron chi connectivity index (χ3n) is 4.27. The molecular formula is C14H25NO2S. The zero-order valence-corrected chi connectivity index (χ0v) is 12.1. The van der Waals surface area contributed by atoms with Crippen molar-refractivity contribution in [2.45, 2.75) is 73.8 Å². The van der Waals surface area contributed by atoms with Crippen molar-refractivity contribution in [3.8, 4) is 0 Å². The van der Waals surface area contributed by atoms with Crippen LogP contribution in [0.5, 0.6) is 0 Å². The van der Waals surface area contributed by atoms with Gasteiger partial charge in [-0.2, -0.15) is 11.8 Å². The van der Waals surface area contributed by atoms with Crippen LogP contribution in [-0.4, -0.2) is 29.1 Å². The van der Waals surface area contributed by atoms with Gasteiger partial charge in [-0.1, -0.05) is 19.3 Å². The molecule has 104 valence electrons. The number of hydrogen-bond donors (Lipinski definition) is 1. The molecule has 2 aliphatic rings. The van der Waals surface area contributed by atoms with Gasteiger partial charge in [-0.15, -0.1) is 0 Å². The summed E-state index contributed by atoms with van der Waals surface area (Å²) < 4.78 is 4.86. The third kappa shape index (κ3) is 3.41. The highest BCUT2D eigenvalue weighted by molar-refractivity contribution is 8.00. The first kappa shape index (κ1) is 14.2. The fourth-order valence-corrected chi connectivity index (χ4v) is 5.08. The minimum Gasteiger partial charge on any atom is -0.468 e. The maximum Gasteiger partial charge on any atom is 0.325 e. The highest BCUT2D eigenvalue weighted by atomic mass is 32.2. The van der Waals surface area contributed by atoms with E-state index in [1.165, 1.54) is 45.6 Å². The Kier molecular flexibility index (Phi) is 4.96. The van der Waals surface area contributed by atoms with E-state index in [2.05, 4.69) is 11.8 Å². The van der Waals surface area contributed by atoms with Crippen LogP contribution in [-0.2, 0) is 9.53 Å². The molecule has 0 heterocycles. The molecule has 0 aliphatic heterocycles. The molecule has 0 radical (unpaired) electrons. The highest BCUT2D eigenvalue weighted by Gasteiger charge is 2.41. The molecule has 2 aliphatic carbocycles. The lowest BCUT2D eigenvalue weighted by Crippen LogP contribution is -2.52. The van der Waals surface area contributed by atoms with Crippen molar-refractivity contribution in [2.75, 3.05) is 7.11 Å². The Labute approximate surface area is 114 Å². The molecule has 2 fully saturated rings. The lowest BCUT2D eigenvalue weighted by molar-refractivity contribution is -0.148. The Morgan fingerprint density at radius 1 is 1.17 bits per heavy atom. The minimum atomic E-state index is -0.723. The van der Waals surface area contributed by atoms with E-state index >= 15 is 0 Å². The molecule has 0 spiro atoms. The molecule has 4 heteroatoms. The summed E-state index contributed by atoms with van der Waals surface area (Å²) in [6.45, 7) is 0. The van der Waals surface area contributed by atoms with Gasteiger partial charge in [-0.05, 0) is 38.5 Å². The van der Waals surface area contributed by atoms with Crippen LogP contribution in [0, 0.1) is 0 Å². The predicted octanol–water partition coefficient (Wildman–Crippen LogP) is 2.87. The van der Waals surface area contributed by atoms with Crippen LogP contribution in [0.3, 0.4) is 0 Å². The number of hydrogen-bond acceptors (Lipinski definition) is 4.